The van der Waals surface area contributed by atoms with Crippen LogP contribution in [0.1, 0.15) is 12.0 Å². The zero-order valence-corrected chi connectivity index (χ0v) is 12.6. The van der Waals surface area contributed by atoms with Crippen molar-refractivity contribution in [2.45, 2.75) is 17.4 Å². The molecule has 0 bridgehead atoms. The highest BCUT2D eigenvalue weighted by molar-refractivity contribution is 8.13. The van der Waals surface area contributed by atoms with Crippen molar-refractivity contribution in [2.24, 2.45) is 0 Å². The molecule has 0 spiro atoms. The monoisotopic (exact) mass is 295 g/mol. The largest absolute Gasteiger partial charge is 0.615 e. The van der Waals surface area contributed by atoms with Gasteiger partial charge in [-0.15, -0.1) is 11.8 Å². The predicted molar refractivity (Wildman–Crippen MR) is 83.0 cm³/mol. The fourth-order valence-corrected chi connectivity index (χ4v) is 4.12. The van der Waals surface area contributed by atoms with Crippen molar-refractivity contribution in [3.8, 4) is 0 Å². The molecule has 2 aromatic rings. The standard InChI is InChI=1S/C14H17NO2S2/c1-18-14(19(2)17)13(16)8-7-10-9-15-12-6-4-3-5-11(10)12/h3-6,9,14-15H,7-8H2,1-2H3. The van der Waals surface area contributed by atoms with Crippen LogP contribution in [0.5, 0.6) is 0 Å². The highest BCUT2D eigenvalue weighted by Crippen LogP contribution is 2.21. The lowest BCUT2D eigenvalue weighted by Crippen LogP contribution is -2.26. The van der Waals surface area contributed by atoms with Gasteiger partial charge in [0.25, 0.3) is 0 Å². The van der Waals surface area contributed by atoms with E-state index in [1.165, 1.54) is 11.8 Å². The number of para-hydroxylation sites is 1. The number of carbonyl (C=O) groups is 1. The van der Waals surface area contributed by atoms with Crippen molar-refractivity contribution in [3.05, 3.63) is 36.0 Å². The maximum Gasteiger partial charge on any atom is 0.218 e. The molecule has 1 heterocycles. The summed E-state index contributed by atoms with van der Waals surface area (Å²) in [7, 11) is 0. The molecule has 1 aromatic heterocycles. The molecule has 2 rings (SSSR count). The van der Waals surface area contributed by atoms with Crippen LogP contribution in [0.2, 0.25) is 0 Å². The molecule has 0 aliphatic rings. The summed E-state index contributed by atoms with van der Waals surface area (Å²) in [5.41, 5.74) is 2.23. The molecule has 2 atom stereocenters. The second-order valence-electron chi connectivity index (χ2n) is 4.39. The molecule has 0 saturated heterocycles. The Morgan fingerprint density at radius 1 is 1.47 bits per heavy atom. The van der Waals surface area contributed by atoms with E-state index in [4.69, 9.17) is 0 Å². The second-order valence-corrected chi connectivity index (χ2v) is 7.10. The number of fused-ring (bicyclic) bond motifs is 1. The number of rotatable bonds is 6. The molecule has 3 nitrogen and oxygen atoms in total. The predicted octanol–water partition coefficient (Wildman–Crippen LogP) is 2.74. The van der Waals surface area contributed by atoms with Crippen molar-refractivity contribution in [1.29, 1.82) is 0 Å². The lowest BCUT2D eigenvalue weighted by atomic mass is 10.1. The smallest absolute Gasteiger partial charge is 0.218 e. The lowest BCUT2D eigenvalue weighted by Gasteiger charge is -2.14. The van der Waals surface area contributed by atoms with E-state index >= 15 is 0 Å². The summed E-state index contributed by atoms with van der Waals surface area (Å²) in [6.07, 6.45) is 6.50. The van der Waals surface area contributed by atoms with Crippen molar-refractivity contribution in [3.63, 3.8) is 0 Å². The summed E-state index contributed by atoms with van der Waals surface area (Å²) in [5.74, 6) is 0.0682. The minimum atomic E-state index is -1.10. The van der Waals surface area contributed by atoms with Crippen LogP contribution in [0.3, 0.4) is 0 Å². The number of aromatic nitrogens is 1. The van der Waals surface area contributed by atoms with Crippen molar-refractivity contribution >= 4 is 39.6 Å². The van der Waals surface area contributed by atoms with Crippen LogP contribution < -0.4 is 0 Å². The van der Waals surface area contributed by atoms with Gasteiger partial charge in [0.05, 0.1) is 6.26 Å². The van der Waals surface area contributed by atoms with Crippen LogP contribution in [0.4, 0.5) is 0 Å². The zero-order valence-electron chi connectivity index (χ0n) is 11.0. The van der Waals surface area contributed by atoms with E-state index in [1.54, 1.807) is 6.26 Å². The van der Waals surface area contributed by atoms with Gasteiger partial charge in [-0.2, -0.15) is 0 Å². The Hall–Kier alpha value is -0.910. The Labute approximate surface area is 120 Å². The molecule has 2 unspecified atom stereocenters. The maximum atomic E-state index is 12.0. The van der Waals surface area contributed by atoms with Gasteiger partial charge in [-0.25, -0.2) is 0 Å². The first kappa shape index (κ1) is 14.5. The topological polar surface area (TPSA) is 55.9 Å². The van der Waals surface area contributed by atoms with Gasteiger partial charge in [0, 0.05) is 23.5 Å². The SMILES string of the molecule is CSC(C(=O)CCc1c[nH]c2ccccc12)[S+](C)[O-]. The van der Waals surface area contributed by atoms with Crippen LogP contribution in [0.25, 0.3) is 10.9 Å². The van der Waals surface area contributed by atoms with E-state index in [-0.39, 0.29) is 5.78 Å². The van der Waals surface area contributed by atoms with E-state index in [0.717, 1.165) is 16.5 Å². The van der Waals surface area contributed by atoms with E-state index in [9.17, 15) is 9.35 Å². The molecule has 0 fully saturated rings. The lowest BCUT2D eigenvalue weighted by molar-refractivity contribution is -0.117. The maximum absolute atomic E-state index is 12.0. The fraction of sp³-hybridized carbons (Fsp3) is 0.357. The molecular formula is C14H17NO2S2. The van der Waals surface area contributed by atoms with Gasteiger partial charge in [0.1, 0.15) is 0 Å². The normalized spacial score (nSPS) is 14.5. The van der Waals surface area contributed by atoms with Gasteiger partial charge in [-0.05, 0) is 35.5 Å². The van der Waals surface area contributed by atoms with E-state index in [2.05, 4.69) is 11.1 Å². The summed E-state index contributed by atoms with van der Waals surface area (Å²) in [6, 6.07) is 8.05. The summed E-state index contributed by atoms with van der Waals surface area (Å²) in [4.78, 5) is 15.2. The molecule has 102 valence electrons. The fourth-order valence-electron chi connectivity index (χ4n) is 2.17. The van der Waals surface area contributed by atoms with Crippen LogP contribution >= 0.6 is 11.8 Å². The minimum Gasteiger partial charge on any atom is -0.615 e. The average molecular weight is 295 g/mol. The highest BCUT2D eigenvalue weighted by atomic mass is 32.3. The average Bonchev–Trinajstić information content (AvgIpc) is 2.80. The minimum absolute atomic E-state index is 0.0682. The number of thioether (sulfide) groups is 1. The Balaban J connectivity index is 2.04. The molecule has 0 amide bonds. The van der Waals surface area contributed by atoms with Crippen molar-refractivity contribution < 1.29 is 9.35 Å². The molecule has 0 radical (unpaired) electrons. The van der Waals surface area contributed by atoms with Gasteiger partial charge in [0.15, 0.2) is 5.78 Å². The number of hydrogen-bond donors (Lipinski definition) is 1. The number of hydrogen-bond acceptors (Lipinski definition) is 3. The molecule has 5 heteroatoms. The number of aryl methyl sites for hydroxylation is 1. The Morgan fingerprint density at radius 2 is 2.21 bits per heavy atom. The molecule has 0 aliphatic carbocycles. The third-order valence-electron chi connectivity index (χ3n) is 3.09. The third-order valence-corrected chi connectivity index (χ3v) is 6.04. The molecule has 1 N–H and O–H groups in total. The first-order valence-corrected chi connectivity index (χ1v) is 8.97. The quantitative estimate of drug-likeness (QED) is 0.834. The Bertz CT molecular complexity index is 565. The van der Waals surface area contributed by atoms with Gasteiger partial charge < -0.3 is 9.54 Å². The number of H-pyrrole nitrogens is 1. The van der Waals surface area contributed by atoms with Crippen molar-refractivity contribution in [2.75, 3.05) is 12.5 Å². The summed E-state index contributed by atoms with van der Waals surface area (Å²) < 4.78 is 11.1. The number of carbonyl (C=O) groups excluding carboxylic acids is 1. The molecule has 0 aliphatic heterocycles. The zero-order chi connectivity index (χ0) is 13.8. The van der Waals surface area contributed by atoms with Gasteiger partial charge in [-0.3, -0.25) is 4.79 Å². The molecule has 1 aromatic carbocycles. The van der Waals surface area contributed by atoms with Crippen molar-refractivity contribution in [1.82, 2.24) is 4.98 Å². The van der Waals surface area contributed by atoms with Crippen LogP contribution in [0, 0.1) is 0 Å². The second kappa shape index (κ2) is 6.50. The number of Topliss-reactive ketones (excluding diaryl/α,β-unsaturated/α-hetero) is 1. The summed E-state index contributed by atoms with van der Waals surface area (Å²) >= 11 is 0.266. The van der Waals surface area contributed by atoms with E-state index < -0.39 is 15.8 Å². The first-order chi connectivity index (χ1) is 9.13. The number of ketones is 1. The molecule has 0 saturated carbocycles. The summed E-state index contributed by atoms with van der Waals surface area (Å²) in [5, 5.41) is 1.16. The van der Waals surface area contributed by atoms with Crippen LogP contribution in [-0.4, -0.2) is 32.4 Å². The number of benzene rings is 1. The van der Waals surface area contributed by atoms with E-state index in [1.807, 2.05) is 30.7 Å². The number of nitrogens with one attached hydrogen (secondary N) is 1. The van der Waals surface area contributed by atoms with Crippen LogP contribution in [-0.2, 0) is 22.4 Å². The Morgan fingerprint density at radius 3 is 2.89 bits per heavy atom. The number of aromatic amines is 1. The van der Waals surface area contributed by atoms with Gasteiger partial charge in [-0.1, -0.05) is 18.2 Å². The highest BCUT2D eigenvalue weighted by Gasteiger charge is 2.25. The van der Waals surface area contributed by atoms with Gasteiger partial charge >= 0.3 is 0 Å². The summed E-state index contributed by atoms with van der Waals surface area (Å²) in [6.45, 7) is 0. The third kappa shape index (κ3) is 3.35. The van der Waals surface area contributed by atoms with Gasteiger partial charge in [0.2, 0.25) is 4.58 Å². The molecular weight excluding hydrogens is 278 g/mol. The van der Waals surface area contributed by atoms with Crippen LogP contribution in [0.15, 0.2) is 30.5 Å². The Kier molecular flexibility index (Phi) is 4.96. The molecule has 19 heavy (non-hydrogen) atoms. The van der Waals surface area contributed by atoms with E-state index in [0.29, 0.717) is 12.8 Å². The first-order valence-electron chi connectivity index (χ1n) is 6.06.